The minimum absolute atomic E-state index is 0.145. The second-order valence-electron chi connectivity index (χ2n) is 4.28. The van der Waals surface area contributed by atoms with E-state index in [1.807, 2.05) is 6.07 Å². The van der Waals surface area contributed by atoms with Crippen molar-refractivity contribution in [1.29, 1.82) is 0 Å². The van der Waals surface area contributed by atoms with Crippen molar-refractivity contribution in [1.82, 2.24) is 5.32 Å². The van der Waals surface area contributed by atoms with Crippen LogP contribution in [0.2, 0.25) is 0 Å². The summed E-state index contributed by atoms with van der Waals surface area (Å²) in [4.78, 5) is 10.4. The van der Waals surface area contributed by atoms with E-state index in [1.54, 1.807) is 12.1 Å². The number of nitrogens with zero attached hydrogens (tertiary/aromatic N) is 1. The van der Waals surface area contributed by atoms with Crippen molar-refractivity contribution in [3.8, 4) is 0 Å². The number of hydrogen-bond acceptors (Lipinski definition) is 4. The number of para-hydroxylation sites is 2. The first kappa shape index (κ1) is 11.9. The van der Waals surface area contributed by atoms with E-state index in [0.717, 1.165) is 19.5 Å². The van der Waals surface area contributed by atoms with Crippen LogP contribution in [0.3, 0.4) is 0 Å². The molecule has 17 heavy (non-hydrogen) atoms. The lowest BCUT2D eigenvalue weighted by Gasteiger charge is -2.11. The molecular formula is C12H17N3O2. The highest BCUT2D eigenvalue weighted by Gasteiger charge is 2.15. The van der Waals surface area contributed by atoms with Crippen molar-refractivity contribution < 1.29 is 4.92 Å². The van der Waals surface area contributed by atoms with Crippen molar-refractivity contribution >= 4 is 11.4 Å². The molecule has 0 bridgehead atoms. The van der Waals surface area contributed by atoms with E-state index < -0.39 is 0 Å². The Kier molecular flexibility index (Phi) is 3.93. The van der Waals surface area contributed by atoms with E-state index in [0.29, 0.717) is 11.7 Å². The van der Waals surface area contributed by atoms with Crippen LogP contribution in [0, 0.1) is 10.1 Å². The second kappa shape index (κ2) is 5.63. The second-order valence-corrected chi connectivity index (χ2v) is 4.28. The zero-order chi connectivity index (χ0) is 12.1. The fraction of sp³-hybridized carbons (Fsp3) is 0.500. The molecule has 1 saturated heterocycles. The number of hydrogen-bond donors (Lipinski definition) is 2. The van der Waals surface area contributed by atoms with Gasteiger partial charge in [-0.1, -0.05) is 12.1 Å². The molecule has 1 fully saturated rings. The van der Waals surface area contributed by atoms with Crippen LogP contribution < -0.4 is 10.6 Å². The normalized spacial score (nSPS) is 19.2. The third kappa shape index (κ3) is 3.17. The molecule has 1 aromatic rings. The van der Waals surface area contributed by atoms with E-state index in [9.17, 15) is 10.1 Å². The van der Waals surface area contributed by atoms with Gasteiger partial charge in [0.1, 0.15) is 5.69 Å². The average Bonchev–Trinajstić information content (AvgIpc) is 2.82. The quantitative estimate of drug-likeness (QED) is 0.606. The molecule has 0 radical (unpaired) electrons. The summed E-state index contributed by atoms with van der Waals surface area (Å²) in [5, 5.41) is 17.3. The van der Waals surface area contributed by atoms with Crippen molar-refractivity contribution in [2.45, 2.75) is 25.3 Å². The Morgan fingerprint density at radius 1 is 1.47 bits per heavy atom. The number of nitro benzene ring substituents is 1. The highest BCUT2D eigenvalue weighted by Crippen LogP contribution is 2.23. The zero-order valence-corrected chi connectivity index (χ0v) is 9.69. The van der Waals surface area contributed by atoms with Gasteiger partial charge in [0, 0.05) is 18.7 Å². The third-order valence-electron chi connectivity index (χ3n) is 3.07. The summed E-state index contributed by atoms with van der Waals surface area (Å²) in [5.41, 5.74) is 0.752. The SMILES string of the molecule is O=[N+]([O-])c1ccccc1NCC[C@H]1CCCN1. The third-order valence-corrected chi connectivity index (χ3v) is 3.07. The van der Waals surface area contributed by atoms with E-state index in [2.05, 4.69) is 10.6 Å². The first-order valence-corrected chi connectivity index (χ1v) is 5.98. The van der Waals surface area contributed by atoms with Crippen LogP contribution in [0.25, 0.3) is 0 Å². The van der Waals surface area contributed by atoms with Crippen LogP contribution in [0.5, 0.6) is 0 Å². The lowest BCUT2D eigenvalue weighted by atomic mass is 10.1. The molecule has 0 spiro atoms. The Morgan fingerprint density at radius 3 is 3.00 bits per heavy atom. The molecule has 2 N–H and O–H groups in total. The first-order chi connectivity index (χ1) is 8.27. The number of nitro groups is 1. The highest BCUT2D eigenvalue weighted by molar-refractivity contribution is 5.60. The van der Waals surface area contributed by atoms with Gasteiger partial charge in [-0.25, -0.2) is 0 Å². The smallest absolute Gasteiger partial charge is 0.292 e. The Labute approximate surface area is 100 Å². The fourth-order valence-electron chi connectivity index (χ4n) is 2.17. The van der Waals surface area contributed by atoms with E-state index >= 15 is 0 Å². The van der Waals surface area contributed by atoms with Crippen LogP contribution in [-0.2, 0) is 0 Å². The molecule has 0 aliphatic carbocycles. The summed E-state index contributed by atoms with van der Waals surface area (Å²) in [7, 11) is 0. The molecular weight excluding hydrogens is 218 g/mol. The summed E-state index contributed by atoms with van der Waals surface area (Å²) in [6.07, 6.45) is 3.45. The Balaban J connectivity index is 1.87. The van der Waals surface area contributed by atoms with Gasteiger partial charge in [0.05, 0.1) is 4.92 Å². The lowest BCUT2D eigenvalue weighted by molar-refractivity contribution is -0.384. The lowest BCUT2D eigenvalue weighted by Crippen LogP contribution is -2.24. The molecule has 1 heterocycles. The van der Waals surface area contributed by atoms with Gasteiger partial charge in [-0.3, -0.25) is 10.1 Å². The molecule has 0 amide bonds. The Morgan fingerprint density at radius 2 is 2.29 bits per heavy atom. The molecule has 1 aliphatic heterocycles. The molecule has 0 unspecified atom stereocenters. The Hall–Kier alpha value is -1.62. The first-order valence-electron chi connectivity index (χ1n) is 5.98. The van der Waals surface area contributed by atoms with Crippen LogP contribution in [0.1, 0.15) is 19.3 Å². The molecule has 0 aromatic heterocycles. The largest absolute Gasteiger partial charge is 0.379 e. The van der Waals surface area contributed by atoms with Gasteiger partial charge in [0.25, 0.3) is 5.69 Å². The van der Waals surface area contributed by atoms with Gasteiger partial charge in [0.15, 0.2) is 0 Å². The predicted molar refractivity (Wildman–Crippen MR) is 67.2 cm³/mol. The summed E-state index contributed by atoms with van der Waals surface area (Å²) in [5.74, 6) is 0. The fourth-order valence-corrected chi connectivity index (χ4v) is 2.17. The maximum absolute atomic E-state index is 10.8. The monoisotopic (exact) mass is 235 g/mol. The zero-order valence-electron chi connectivity index (χ0n) is 9.69. The molecule has 2 rings (SSSR count). The number of benzene rings is 1. The highest BCUT2D eigenvalue weighted by atomic mass is 16.6. The van der Waals surface area contributed by atoms with E-state index in [-0.39, 0.29) is 10.6 Å². The molecule has 92 valence electrons. The van der Waals surface area contributed by atoms with Gasteiger partial charge in [0.2, 0.25) is 0 Å². The van der Waals surface area contributed by atoms with E-state index in [1.165, 1.54) is 18.9 Å². The van der Waals surface area contributed by atoms with Crippen molar-refractivity contribution in [3.63, 3.8) is 0 Å². The van der Waals surface area contributed by atoms with Crippen molar-refractivity contribution in [2.24, 2.45) is 0 Å². The molecule has 5 nitrogen and oxygen atoms in total. The van der Waals surface area contributed by atoms with Crippen LogP contribution in [-0.4, -0.2) is 24.1 Å². The van der Waals surface area contributed by atoms with Gasteiger partial charge < -0.3 is 10.6 Å². The van der Waals surface area contributed by atoms with Gasteiger partial charge >= 0.3 is 0 Å². The summed E-state index contributed by atoms with van der Waals surface area (Å²) < 4.78 is 0. The molecule has 1 aromatic carbocycles. The van der Waals surface area contributed by atoms with Gasteiger partial charge in [-0.2, -0.15) is 0 Å². The van der Waals surface area contributed by atoms with Crippen LogP contribution in [0.4, 0.5) is 11.4 Å². The molecule has 5 heteroatoms. The topological polar surface area (TPSA) is 67.2 Å². The number of anilines is 1. The van der Waals surface area contributed by atoms with Crippen LogP contribution in [0.15, 0.2) is 24.3 Å². The standard InChI is InChI=1S/C12H17N3O2/c16-15(17)12-6-2-1-5-11(12)14-9-7-10-4-3-8-13-10/h1-2,5-6,10,13-14H,3-4,7-9H2/t10-/m1/s1. The molecule has 1 aliphatic rings. The average molecular weight is 235 g/mol. The minimum atomic E-state index is -0.351. The number of rotatable bonds is 5. The number of nitrogens with one attached hydrogen (secondary N) is 2. The van der Waals surface area contributed by atoms with E-state index in [4.69, 9.17) is 0 Å². The maximum atomic E-state index is 10.8. The molecule has 1 atom stereocenters. The molecule has 0 saturated carbocycles. The summed E-state index contributed by atoms with van der Waals surface area (Å²) >= 11 is 0. The van der Waals surface area contributed by atoms with Gasteiger partial charge in [-0.15, -0.1) is 0 Å². The predicted octanol–water partition coefficient (Wildman–Crippen LogP) is 2.15. The summed E-state index contributed by atoms with van der Waals surface area (Å²) in [6.45, 7) is 1.86. The Bertz CT molecular complexity index is 389. The van der Waals surface area contributed by atoms with Crippen molar-refractivity contribution in [3.05, 3.63) is 34.4 Å². The van der Waals surface area contributed by atoms with Gasteiger partial charge in [-0.05, 0) is 31.9 Å². The maximum Gasteiger partial charge on any atom is 0.292 e. The summed E-state index contributed by atoms with van der Waals surface area (Å²) in [6, 6.07) is 7.33. The van der Waals surface area contributed by atoms with Crippen LogP contribution >= 0.6 is 0 Å². The minimum Gasteiger partial charge on any atom is -0.379 e. The van der Waals surface area contributed by atoms with Crippen molar-refractivity contribution in [2.75, 3.05) is 18.4 Å².